The summed E-state index contributed by atoms with van der Waals surface area (Å²) in [4.78, 5) is 19.7. The summed E-state index contributed by atoms with van der Waals surface area (Å²) in [6.45, 7) is 0.765. The van der Waals surface area contributed by atoms with Crippen LogP contribution in [0.3, 0.4) is 0 Å². The van der Waals surface area contributed by atoms with Gasteiger partial charge in [-0.05, 0) is 49.2 Å². The minimum absolute atomic E-state index is 0.0136. The molecule has 2 aromatic carbocycles. The number of rotatable bonds is 10. The van der Waals surface area contributed by atoms with Crippen LogP contribution in [0.4, 0.5) is 0 Å². The van der Waals surface area contributed by atoms with Gasteiger partial charge in [0, 0.05) is 17.0 Å². The first-order chi connectivity index (χ1) is 15.6. The van der Waals surface area contributed by atoms with Crippen molar-refractivity contribution in [3.8, 4) is 23.0 Å². The number of para-hydroxylation sites is 1. The lowest BCUT2D eigenvalue weighted by atomic mass is 10.2. The van der Waals surface area contributed by atoms with Gasteiger partial charge in [-0.1, -0.05) is 6.07 Å². The minimum Gasteiger partial charge on any atom is -0.497 e. The number of carbonyl (C=O) groups excluding carboxylic acids is 1. The number of ether oxygens (including phenoxy) is 4. The molecule has 0 spiro atoms. The van der Waals surface area contributed by atoms with Crippen molar-refractivity contribution in [3.05, 3.63) is 64.1 Å². The van der Waals surface area contributed by atoms with Crippen LogP contribution in [-0.4, -0.2) is 43.2 Å². The summed E-state index contributed by atoms with van der Waals surface area (Å²) in [6, 6.07) is 13.0. The van der Waals surface area contributed by atoms with Crippen LogP contribution in [0.25, 0.3) is 0 Å². The lowest BCUT2D eigenvalue weighted by Crippen LogP contribution is -2.32. The molecule has 3 aromatic rings. The van der Waals surface area contributed by atoms with E-state index in [1.54, 1.807) is 33.5 Å². The fraction of sp³-hybridized carbons (Fsp3) is 0.333. The third kappa shape index (κ3) is 4.96. The van der Waals surface area contributed by atoms with Gasteiger partial charge in [0.15, 0.2) is 11.5 Å². The van der Waals surface area contributed by atoms with E-state index in [0.717, 1.165) is 29.3 Å². The van der Waals surface area contributed by atoms with Gasteiger partial charge in [-0.2, -0.15) is 0 Å². The molecule has 0 radical (unpaired) electrons. The average molecular weight is 455 g/mol. The summed E-state index contributed by atoms with van der Waals surface area (Å²) in [5.74, 6) is 2.50. The predicted molar refractivity (Wildman–Crippen MR) is 122 cm³/mol. The molecule has 8 heteroatoms. The van der Waals surface area contributed by atoms with Crippen molar-refractivity contribution in [3.63, 3.8) is 0 Å². The quantitative estimate of drug-likeness (QED) is 0.448. The molecule has 1 saturated carbocycles. The second-order valence-electron chi connectivity index (χ2n) is 7.41. The van der Waals surface area contributed by atoms with E-state index in [9.17, 15) is 4.79 Å². The molecule has 0 atom stereocenters. The van der Waals surface area contributed by atoms with Gasteiger partial charge in [0.1, 0.15) is 17.4 Å². The van der Waals surface area contributed by atoms with Gasteiger partial charge in [0.25, 0.3) is 5.91 Å². The van der Waals surface area contributed by atoms with E-state index in [1.807, 2.05) is 40.6 Å². The first-order valence-corrected chi connectivity index (χ1v) is 11.2. The second-order valence-corrected chi connectivity index (χ2v) is 8.35. The first kappa shape index (κ1) is 22.0. The highest BCUT2D eigenvalue weighted by atomic mass is 32.1. The molecule has 1 aliphatic carbocycles. The molecule has 1 fully saturated rings. The van der Waals surface area contributed by atoms with Gasteiger partial charge in [-0.15, -0.1) is 11.3 Å². The third-order valence-electron chi connectivity index (χ3n) is 5.24. The van der Waals surface area contributed by atoms with Crippen molar-refractivity contribution in [2.24, 2.45) is 0 Å². The highest BCUT2D eigenvalue weighted by Crippen LogP contribution is 2.37. The van der Waals surface area contributed by atoms with Crippen LogP contribution in [0.5, 0.6) is 23.0 Å². The van der Waals surface area contributed by atoms with Crippen LogP contribution in [0.1, 0.15) is 33.9 Å². The Labute approximate surface area is 191 Å². The Bertz CT molecular complexity index is 1040. The zero-order valence-electron chi connectivity index (χ0n) is 18.4. The van der Waals surface area contributed by atoms with Gasteiger partial charge >= 0.3 is 0 Å². The molecule has 0 saturated heterocycles. The maximum absolute atomic E-state index is 13.1. The Morgan fingerprint density at radius 3 is 2.31 bits per heavy atom. The number of aromatic nitrogens is 1. The van der Waals surface area contributed by atoms with E-state index >= 15 is 0 Å². The molecule has 4 rings (SSSR count). The molecular formula is C24H26N2O5S. The van der Waals surface area contributed by atoms with E-state index in [0.29, 0.717) is 29.4 Å². The maximum atomic E-state index is 13.1. The molecule has 1 amide bonds. The first-order valence-electron chi connectivity index (χ1n) is 10.3. The zero-order chi connectivity index (χ0) is 22.5. The Balaban J connectivity index is 1.43. The fourth-order valence-corrected chi connectivity index (χ4v) is 4.10. The molecule has 1 heterocycles. The number of hydrogen-bond acceptors (Lipinski definition) is 7. The molecule has 1 aromatic heterocycles. The number of thiazole rings is 1. The number of hydrogen-bond donors (Lipinski definition) is 0. The van der Waals surface area contributed by atoms with Crippen molar-refractivity contribution in [2.75, 3.05) is 21.3 Å². The monoisotopic (exact) mass is 454 g/mol. The zero-order valence-corrected chi connectivity index (χ0v) is 19.2. The third-order valence-corrected chi connectivity index (χ3v) is 6.11. The molecule has 168 valence electrons. The lowest BCUT2D eigenvalue weighted by molar-refractivity contribution is 0.0728. The smallest absolute Gasteiger partial charge is 0.254 e. The molecule has 0 aliphatic heterocycles. The van der Waals surface area contributed by atoms with E-state index in [2.05, 4.69) is 4.98 Å². The minimum atomic E-state index is 0.0136. The van der Waals surface area contributed by atoms with E-state index in [-0.39, 0.29) is 18.6 Å². The van der Waals surface area contributed by atoms with Crippen LogP contribution in [0.2, 0.25) is 0 Å². The molecule has 0 unspecified atom stereocenters. The van der Waals surface area contributed by atoms with Crippen LogP contribution in [-0.2, 0) is 13.2 Å². The number of amides is 1. The van der Waals surface area contributed by atoms with Crippen molar-refractivity contribution in [1.82, 2.24) is 9.88 Å². The summed E-state index contributed by atoms with van der Waals surface area (Å²) < 4.78 is 21.9. The van der Waals surface area contributed by atoms with Crippen molar-refractivity contribution in [2.45, 2.75) is 32.0 Å². The maximum Gasteiger partial charge on any atom is 0.254 e. The molecule has 0 N–H and O–H groups in total. The van der Waals surface area contributed by atoms with Gasteiger partial charge in [-0.3, -0.25) is 4.79 Å². The normalized spacial score (nSPS) is 12.8. The summed E-state index contributed by atoms with van der Waals surface area (Å²) in [7, 11) is 4.80. The standard InChI is InChI=1S/C24H26N2O5S/c1-28-19-11-7-16(8-12-19)24(27)26(18-9-10-18)13-17-15-32-22(25-17)14-31-23-20(29-2)5-4-6-21(23)30-3/h4-8,11-12,15,18H,9-10,13-14H2,1-3H3. The number of methoxy groups -OCH3 is 3. The summed E-state index contributed by atoms with van der Waals surface area (Å²) in [5.41, 5.74) is 1.51. The van der Waals surface area contributed by atoms with Crippen molar-refractivity contribution in [1.29, 1.82) is 0 Å². The summed E-state index contributed by atoms with van der Waals surface area (Å²) >= 11 is 1.51. The van der Waals surface area contributed by atoms with Crippen LogP contribution in [0.15, 0.2) is 47.8 Å². The van der Waals surface area contributed by atoms with Crippen LogP contribution < -0.4 is 18.9 Å². The number of benzene rings is 2. The van der Waals surface area contributed by atoms with Gasteiger partial charge in [0.2, 0.25) is 5.75 Å². The average Bonchev–Trinajstić information content (AvgIpc) is 3.59. The van der Waals surface area contributed by atoms with Gasteiger partial charge < -0.3 is 23.8 Å². The van der Waals surface area contributed by atoms with Crippen LogP contribution >= 0.6 is 11.3 Å². The Kier molecular flexibility index (Phi) is 6.80. The summed E-state index contributed by atoms with van der Waals surface area (Å²) in [5, 5.41) is 2.80. The predicted octanol–water partition coefficient (Wildman–Crippen LogP) is 4.55. The second kappa shape index (κ2) is 9.91. The number of nitrogens with zero attached hydrogens (tertiary/aromatic N) is 2. The largest absolute Gasteiger partial charge is 0.497 e. The van der Waals surface area contributed by atoms with Gasteiger partial charge in [-0.25, -0.2) is 4.98 Å². The van der Waals surface area contributed by atoms with E-state index < -0.39 is 0 Å². The Morgan fingerprint density at radius 1 is 1.03 bits per heavy atom. The van der Waals surface area contributed by atoms with Crippen molar-refractivity contribution < 1.29 is 23.7 Å². The molecule has 7 nitrogen and oxygen atoms in total. The highest BCUT2D eigenvalue weighted by molar-refractivity contribution is 7.09. The fourth-order valence-electron chi connectivity index (χ4n) is 3.41. The van der Waals surface area contributed by atoms with Crippen molar-refractivity contribution >= 4 is 17.2 Å². The molecule has 0 bridgehead atoms. The van der Waals surface area contributed by atoms with E-state index in [4.69, 9.17) is 18.9 Å². The molecule has 1 aliphatic rings. The van der Waals surface area contributed by atoms with E-state index in [1.165, 1.54) is 11.3 Å². The summed E-state index contributed by atoms with van der Waals surface area (Å²) in [6.07, 6.45) is 2.05. The molecule has 32 heavy (non-hydrogen) atoms. The SMILES string of the molecule is COc1ccc(C(=O)N(Cc2csc(COc3c(OC)cccc3OC)n2)C2CC2)cc1. The number of carbonyl (C=O) groups is 1. The Hall–Kier alpha value is -3.26. The Morgan fingerprint density at radius 2 is 1.72 bits per heavy atom. The van der Waals surface area contributed by atoms with Gasteiger partial charge in [0.05, 0.1) is 33.6 Å². The lowest BCUT2D eigenvalue weighted by Gasteiger charge is -2.21. The highest BCUT2D eigenvalue weighted by Gasteiger charge is 2.33. The molecular weight excluding hydrogens is 428 g/mol. The van der Waals surface area contributed by atoms with Crippen LogP contribution in [0, 0.1) is 0 Å². The topological polar surface area (TPSA) is 70.1 Å².